The molecule has 1 N–H and O–H groups in total. The summed E-state index contributed by atoms with van der Waals surface area (Å²) in [7, 11) is 0. The summed E-state index contributed by atoms with van der Waals surface area (Å²) in [6, 6.07) is 0. The summed E-state index contributed by atoms with van der Waals surface area (Å²) in [5.74, 6) is -1.77. The van der Waals surface area contributed by atoms with Gasteiger partial charge in [-0.05, 0) is 12.8 Å². The van der Waals surface area contributed by atoms with Gasteiger partial charge in [0, 0.05) is 32.2 Å². The van der Waals surface area contributed by atoms with Crippen LogP contribution in [0.2, 0.25) is 0 Å². The summed E-state index contributed by atoms with van der Waals surface area (Å²) in [4.78, 5) is 50.1. The first kappa shape index (κ1) is 21.1. The molecule has 1 saturated heterocycles. The van der Waals surface area contributed by atoms with E-state index in [1.807, 2.05) is 13.8 Å². The molecule has 0 aromatic heterocycles. The van der Waals surface area contributed by atoms with Crippen LogP contribution >= 0.6 is 0 Å². The van der Waals surface area contributed by atoms with Crippen LogP contribution in [0.1, 0.15) is 72.1 Å². The van der Waals surface area contributed by atoms with Gasteiger partial charge in [0.05, 0.1) is 0 Å². The Balaban J connectivity index is 0.00000232. The van der Waals surface area contributed by atoms with Crippen LogP contribution in [0.3, 0.4) is 0 Å². The average molecular weight is 328 g/mol. The maximum absolute atomic E-state index is 11.5. The fourth-order valence-corrected chi connectivity index (χ4v) is 1.89. The molecule has 3 amide bonds. The van der Waals surface area contributed by atoms with Crippen molar-refractivity contribution in [2.24, 2.45) is 0 Å². The Bertz CT molecular complexity index is 393. The van der Waals surface area contributed by atoms with E-state index in [9.17, 15) is 19.2 Å². The molecular weight excluding hydrogens is 300 g/mol. The fraction of sp³-hybridized carbons (Fsp3) is 0.750. The zero-order valence-corrected chi connectivity index (χ0v) is 14.4. The highest BCUT2D eigenvalue weighted by Crippen LogP contribution is 2.13. The smallest absolute Gasteiger partial charge is 0.333 e. The van der Waals surface area contributed by atoms with E-state index in [1.54, 1.807) is 0 Å². The molecule has 1 aliphatic rings. The number of amides is 3. The van der Waals surface area contributed by atoms with Crippen LogP contribution in [0.15, 0.2) is 0 Å². The Kier molecular flexibility index (Phi) is 11.6. The number of rotatable bonds is 9. The molecule has 1 heterocycles. The van der Waals surface area contributed by atoms with Crippen molar-refractivity contribution in [1.82, 2.24) is 10.4 Å². The van der Waals surface area contributed by atoms with Crippen LogP contribution in [0.25, 0.3) is 0 Å². The number of hydrogen-bond donors (Lipinski definition) is 1. The average Bonchev–Trinajstić information content (AvgIpc) is 2.85. The number of nitrogens with zero attached hydrogens (tertiary/aromatic N) is 1. The molecule has 0 aromatic rings. The van der Waals surface area contributed by atoms with E-state index in [0.717, 1.165) is 19.3 Å². The summed E-state index contributed by atoms with van der Waals surface area (Å²) in [6.45, 7) is 6.73. The van der Waals surface area contributed by atoms with Gasteiger partial charge in [-0.1, -0.05) is 33.6 Å². The third kappa shape index (κ3) is 8.95. The molecule has 0 radical (unpaired) electrons. The third-order valence-electron chi connectivity index (χ3n) is 3.09. The van der Waals surface area contributed by atoms with E-state index in [1.165, 1.54) is 0 Å². The van der Waals surface area contributed by atoms with Crippen LogP contribution in [-0.4, -0.2) is 35.3 Å². The minimum atomic E-state index is -0.669. The molecule has 0 unspecified atom stereocenters. The number of unbranched alkanes of at least 4 members (excludes halogenated alkanes) is 2. The number of imide groups is 1. The van der Waals surface area contributed by atoms with Gasteiger partial charge < -0.3 is 10.2 Å². The lowest BCUT2D eigenvalue weighted by Crippen LogP contribution is -2.32. The van der Waals surface area contributed by atoms with Crippen molar-refractivity contribution in [2.75, 3.05) is 6.54 Å². The Hall–Kier alpha value is -1.92. The molecule has 1 rings (SSSR count). The first-order valence-corrected chi connectivity index (χ1v) is 8.38. The highest BCUT2D eigenvalue weighted by atomic mass is 16.7. The number of carbonyl (C=O) groups excluding carboxylic acids is 4. The van der Waals surface area contributed by atoms with Crippen molar-refractivity contribution in [1.29, 1.82) is 0 Å². The summed E-state index contributed by atoms with van der Waals surface area (Å²) < 4.78 is 0. The highest BCUT2D eigenvalue weighted by Gasteiger charge is 2.32. The Morgan fingerprint density at radius 2 is 1.65 bits per heavy atom. The van der Waals surface area contributed by atoms with E-state index < -0.39 is 17.8 Å². The minimum absolute atomic E-state index is 0.000556. The molecule has 0 aliphatic carbocycles. The summed E-state index contributed by atoms with van der Waals surface area (Å²) in [6.07, 6.45) is 3.82. The number of carbonyl (C=O) groups is 4. The Labute approximate surface area is 137 Å². The third-order valence-corrected chi connectivity index (χ3v) is 3.09. The highest BCUT2D eigenvalue weighted by molar-refractivity contribution is 6.01. The molecule has 132 valence electrons. The second kappa shape index (κ2) is 12.6. The van der Waals surface area contributed by atoms with Gasteiger partial charge in [0.25, 0.3) is 11.8 Å². The van der Waals surface area contributed by atoms with Crippen molar-refractivity contribution in [3.63, 3.8) is 0 Å². The van der Waals surface area contributed by atoms with Gasteiger partial charge in [0.2, 0.25) is 5.91 Å². The zero-order chi connectivity index (χ0) is 17.7. The van der Waals surface area contributed by atoms with Crippen LogP contribution in [0.4, 0.5) is 0 Å². The lowest BCUT2D eigenvalue weighted by atomic mass is 10.2. The summed E-state index contributed by atoms with van der Waals surface area (Å²) >= 11 is 0. The lowest BCUT2D eigenvalue weighted by Gasteiger charge is -2.12. The maximum atomic E-state index is 11.5. The molecule has 7 nitrogen and oxygen atoms in total. The molecule has 0 aromatic carbocycles. The largest absolute Gasteiger partial charge is 0.356 e. The van der Waals surface area contributed by atoms with E-state index >= 15 is 0 Å². The molecule has 7 heteroatoms. The first-order valence-electron chi connectivity index (χ1n) is 8.38. The predicted octanol–water partition coefficient (Wildman–Crippen LogP) is 2.10. The molecule has 0 spiro atoms. The van der Waals surface area contributed by atoms with Crippen LogP contribution in [0.5, 0.6) is 0 Å². The van der Waals surface area contributed by atoms with Crippen molar-refractivity contribution in [3.8, 4) is 0 Å². The Morgan fingerprint density at radius 3 is 2.22 bits per heavy atom. The van der Waals surface area contributed by atoms with Crippen molar-refractivity contribution in [2.45, 2.75) is 72.1 Å². The van der Waals surface area contributed by atoms with E-state index in [0.29, 0.717) is 18.0 Å². The second-order valence-corrected chi connectivity index (χ2v) is 4.96. The van der Waals surface area contributed by atoms with Gasteiger partial charge in [0.15, 0.2) is 0 Å². The van der Waals surface area contributed by atoms with Gasteiger partial charge in [-0.3, -0.25) is 14.4 Å². The van der Waals surface area contributed by atoms with Gasteiger partial charge >= 0.3 is 5.97 Å². The maximum Gasteiger partial charge on any atom is 0.333 e. The summed E-state index contributed by atoms with van der Waals surface area (Å²) in [5, 5.41) is 3.29. The SMILES string of the molecule is CC.CCCCCNC(=O)CCCC(=O)ON1C(=O)CCC1=O. The topological polar surface area (TPSA) is 92.8 Å². The number of hydrogen-bond acceptors (Lipinski definition) is 5. The molecule has 1 fully saturated rings. The van der Waals surface area contributed by atoms with Gasteiger partial charge in [-0.15, -0.1) is 5.06 Å². The van der Waals surface area contributed by atoms with Crippen molar-refractivity contribution < 1.29 is 24.0 Å². The molecule has 0 atom stereocenters. The fourth-order valence-electron chi connectivity index (χ4n) is 1.89. The molecule has 0 bridgehead atoms. The predicted molar refractivity (Wildman–Crippen MR) is 84.9 cm³/mol. The summed E-state index contributed by atoms with van der Waals surface area (Å²) in [5.41, 5.74) is 0. The van der Waals surface area contributed by atoms with Crippen LogP contribution < -0.4 is 5.32 Å². The van der Waals surface area contributed by atoms with Crippen molar-refractivity contribution >= 4 is 23.7 Å². The molecule has 23 heavy (non-hydrogen) atoms. The molecule has 1 aliphatic heterocycles. The van der Waals surface area contributed by atoms with E-state index in [2.05, 4.69) is 12.2 Å². The lowest BCUT2D eigenvalue weighted by molar-refractivity contribution is -0.197. The number of nitrogens with one attached hydrogen (secondary N) is 1. The monoisotopic (exact) mass is 328 g/mol. The normalized spacial score (nSPS) is 13.4. The standard InChI is InChI=1S/C14H22N2O5.C2H6/c1-2-3-4-10-15-11(17)6-5-7-14(20)21-16-12(18)8-9-13(16)19;1-2/h2-10H2,1H3,(H,15,17);1-2H3. The zero-order valence-electron chi connectivity index (χ0n) is 14.4. The van der Waals surface area contributed by atoms with Crippen molar-refractivity contribution in [3.05, 3.63) is 0 Å². The van der Waals surface area contributed by atoms with Crippen LogP contribution in [0, 0.1) is 0 Å². The van der Waals surface area contributed by atoms with Gasteiger partial charge in [-0.2, -0.15) is 0 Å². The van der Waals surface area contributed by atoms with E-state index in [-0.39, 0.29) is 31.6 Å². The minimum Gasteiger partial charge on any atom is -0.356 e. The van der Waals surface area contributed by atoms with Gasteiger partial charge in [0.1, 0.15) is 0 Å². The number of hydroxylamine groups is 2. The van der Waals surface area contributed by atoms with Gasteiger partial charge in [-0.25, -0.2) is 4.79 Å². The Morgan fingerprint density at radius 1 is 1.04 bits per heavy atom. The second-order valence-electron chi connectivity index (χ2n) is 4.96. The first-order chi connectivity index (χ1) is 11.0. The quantitative estimate of drug-likeness (QED) is 0.517. The van der Waals surface area contributed by atoms with E-state index in [4.69, 9.17) is 4.84 Å². The van der Waals surface area contributed by atoms with Crippen LogP contribution in [-0.2, 0) is 24.0 Å². The molecular formula is C16H28N2O5. The molecule has 0 saturated carbocycles.